The summed E-state index contributed by atoms with van der Waals surface area (Å²) in [5.74, 6) is 0.338. The molecule has 0 radical (unpaired) electrons. The summed E-state index contributed by atoms with van der Waals surface area (Å²) in [4.78, 5) is 16.0. The molecule has 1 unspecified atom stereocenters. The summed E-state index contributed by atoms with van der Waals surface area (Å²) in [5.41, 5.74) is 5.81. The van der Waals surface area contributed by atoms with Crippen LogP contribution < -0.4 is 11.1 Å². The normalized spacial score (nSPS) is 19.4. The highest BCUT2D eigenvalue weighted by Crippen LogP contribution is 2.31. The van der Waals surface area contributed by atoms with Crippen LogP contribution in [0.5, 0.6) is 0 Å². The molecule has 0 aliphatic heterocycles. The zero-order valence-electron chi connectivity index (χ0n) is 10.1. The Kier molecular flexibility index (Phi) is 3.79. The Morgan fingerprint density at radius 2 is 2.47 bits per heavy atom. The highest BCUT2D eigenvalue weighted by Gasteiger charge is 2.34. The lowest BCUT2D eigenvalue weighted by Crippen LogP contribution is -2.50. The Balaban J connectivity index is 1.72. The number of nitrogens with zero attached hydrogens (tertiary/aromatic N) is 1. The average molecular weight is 253 g/mol. The van der Waals surface area contributed by atoms with E-state index in [0.717, 1.165) is 24.3 Å². The van der Waals surface area contributed by atoms with Crippen LogP contribution in [0.4, 0.5) is 0 Å². The van der Waals surface area contributed by atoms with Gasteiger partial charge in [-0.1, -0.05) is 6.92 Å². The first kappa shape index (κ1) is 12.5. The maximum Gasteiger partial charge on any atom is 0.221 e. The van der Waals surface area contributed by atoms with Crippen molar-refractivity contribution in [2.75, 3.05) is 6.54 Å². The van der Waals surface area contributed by atoms with Crippen molar-refractivity contribution < 1.29 is 4.79 Å². The minimum atomic E-state index is -0.228. The van der Waals surface area contributed by atoms with Crippen LogP contribution in [0.1, 0.15) is 43.5 Å². The van der Waals surface area contributed by atoms with Gasteiger partial charge in [0.2, 0.25) is 5.91 Å². The van der Waals surface area contributed by atoms with Crippen LogP contribution in [0.3, 0.4) is 0 Å². The summed E-state index contributed by atoms with van der Waals surface area (Å²) >= 11 is 1.62. The molecule has 1 atom stereocenters. The van der Waals surface area contributed by atoms with Gasteiger partial charge in [0.05, 0.1) is 5.01 Å². The number of aromatic nitrogens is 1. The van der Waals surface area contributed by atoms with E-state index in [-0.39, 0.29) is 17.4 Å². The van der Waals surface area contributed by atoms with Crippen molar-refractivity contribution in [2.45, 2.75) is 44.1 Å². The first-order valence-corrected chi connectivity index (χ1v) is 6.92. The molecule has 1 aliphatic carbocycles. The predicted octanol–water partition coefficient (Wildman–Crippen LogP) is 1.63. The van der Waals surface area contributed by atoms with Crippen molar-refractivity contribution in [1.29, 1.82) is 0 Å². The monoisotopic (exact) mass is 253 g/mol. The summed E-state index contributed by atoms with van der Waals surface area (Å²) in [5, 5.41) is 5.96. The van der Waals surface area contributed by atoms with Crippen LogP contribution in [-0.4, -0.2) is 23.0 Å². The molecule has 1 amide bonds. The number of carbonyl (C=O) groups is 1. The van der Waals surface area contributed by atoms with E-state index in [1.165, 1.54) is 0 Å². The predicted molar refractivity (Wildman–Crippen MR) is 68.9 cm³/mol. The van der Waals surface area contributed by atoms with E-state index in [2.05, 4.69) is 17.2 Å². The molecular formula is C12H19N3OS. The van der Waals surface area contributed by atoms with Gasteiger partial charge in [-0.05, 0) is 19.3 Å². The quantitative estimate of drug-likeness (QED) is 0.838. The zero-order valence-corrected chi connectivity index (χ0v) is 10.9. The largest absolute Gasteiger partial charge is 0.355 e. The minimum absolute atomic E-state index is 0.0654. The van der Waals surface area contributed by atoms with Gasteiger partial charge < -0.3 is 11.1 Å². The van der Waals surface area contributed by atoms with Gasteiger partial charge in [-0.25, -0.2) is 4.98 Å². The van der Waals surface area contributed by atoms with Gasteiger partial charge in [-0.2, -0.15) is 0 Å². The lowest BCUT2D eigenvalue weighted by Gasteiger charge is -2.37. The third-order valence-corrected chi connectivity index (χ3v) is 4.35. The van der Waals surface area contributed by atoms with Gasteiger partial charge in [-0.3, -0.25) is 4.79 Å². The van der Waals surface area contributed by atoms with Gasteiger partial charge in [-0.15, -0.1) is 11.3 Å². The summed E-state index contributed by atoms with van der Waals surface area (Å²) in [6.45, 7) is 2.71. The second-order valence-corrected chi connectivity index (χ2v) is 5.89. The Labute approximate surface area is 106 Å². The fraction of sp³-hybridized carbons (Fsp3) is 0.667. The van der Waals surface area contributed by atoms with Crippen molar-refractivity contribution in [3.05, 3.63) is 16.6 Å². The molecule has 0 aromatic carbocycles. The molecule has 3 N–H and O–H groups in total. The van der Waals surface area contributed by atoms with E-state index in [1.807, 2.05) is 5.38 Å². The average Bonchev–Trinajstić information content (AvgIpc) is 2.77. The van der Waals surface area contributed by atoms with E-state index in [0.29, 0.717) is 13.0 Å². The number of nitrogens with one attached hydrogen (secondary N) is 1. The van der Waals surface area contributed by atoms with Crippen LogP contribution >= 0.6 is 11.3 Å². The van der Waals surface area contributed by atoms with Crippen molar-refractivity contribution in [3.8, 4) is 0 Å². The van der Waals surface area contributed by atoms with Crippen molar-refractivity contribution >= 4 is 17.2 Å². The van der Waals surface area contributed by atoms with E-state index in [4.69, 9.17) is 5.73 Å². The summed E-state index contributed by atoms with van der Waals surface area (Å²) in [6, 6.07) is 0. The standard InChI is InChI=1S/C12H19N3OS/c1-9(11-14-5-6-17-11)8-15-10(16)7-12(13)3-2-4-12/h5-6,9H,2-4,7-8,13H2,1H3,(H,15,16). The molecule has 1 aliphatic rings. The van der Waals surface area contributed by atoms with Crippen molar-refractivity contribution in [3.63, 3.8) is 0 Å². The maximum atomic E-state index is 11.7. The fourth-order valence-corrected chi connectivity index (χ4v) is 2.72. The van der Waals surface area contributed by atoms with Gasteiger partial charge in [0.15, 0.2) is 0 Å². The van der Waals surface area contributed by atoms with Gasteiger partial charge in [0.25, 0.3) is 0 Å². The van der Waals surface area contributed by atoms with Crippen molar-refractivity contribution in [2.24, 2.45) is 5.73 Å². The summed E-state index contributed by atoms with van der Waals surface area (Å²) in [6.07, 6.45) is 5.35. The molecule has 1 aromatic heterocycles. The molecule has 4 nitrogen and oxygen atoms in total. The lowest BCUT2D eigenvalue weighted by molar-refractivity contribution is -0.123. The molecule has 1 fully saturated rings. The molecule has 94 valence electrons. The molecule has 0 saturated heterocycles. The van der Waals surface area contributed by atoms with Crippen LogP contribution in [0, 0.1) is 0 Å². The number of rotatable bonds is 5. The van der Waals surface area contributed by atoms with Crippen LogP contribution in [0.25, 0.3) is 0 Å². The van der Waals surface area contributed by atoms with E-state index in [9.17, 15) is 4.79 Å². The van der Waals surface area contributed by atoms with Crippen molar-refractivity contribution in [1.82, 2.24) is 10.3 Å². The fourth-order valence-electron chi connectivity index (χ4n) is 2.02. The van der Waals surface area contributed by atoms with E-state index in [1.54, 1.807) is 17.5 Å². The Morgan fingerprint density at radius 1 is 1.71 bits per heavy atom. The number of hydrogen-bond acceptors (Lipinski definition) is 4. The second-order valence-electron chi connectivity index (χ2n) is 4.97. The minimum Gasteiger partial charge on any atom is -0.355 e. The smallest absolute Gasteiger partial charge is 0.221 e. The number of thiazole rings is 1. The first-order valence-electron chi connectivity index (χ1n) is 6.04. The lowest BCUT2D eigenvalue weighted by atomic mass is 9.75. The number of hydrogen-bond donors (Lipinski definition) is 2. The Hall–Kier alpha value is -0.940. The topological polar surface area (TPSA) is 68.0 Å². The van der Waals surface area contributed by atoms with Gasteiger partial charge >= 0.3 is 0 Å². The number of amides is 1. The molecule has 1 aromatic rings. The first-order chi connectivity index (χ1) is 8.09. The third kappa shape index (κ3) is 3.26. The molecule has 1 heterocycles. The molecule has 0 bridgehead atoms. The van der Waals surface area contributed by atoms with Crippen LogP contribution in [0.2, 0.25) is 0 Å². The third-order valence-electron chi connectivity index (χ3n) is 3.34. The van der Waals surface area contributed by atoms with Crippen LogP contribution in [0.15, 0.2) is 11.6 Å². The second kappa shape index (κ2) is 5.14. The molecule has 1 saturated carbocycles. The number of nitrogens with two attached hydrogens (primary N) is 1. The van der Waals surface area contributed by atoms with Gasteiger partial charge in [0.1, 0.15) is 0 Å². The molecule has 0 spiro atoms. The summed E-state index contributed by atoms with van der Waals surface area (Å²) in [7, 11) is 0. The highest BCUT2D eigenvalue weighted by molar-refractivity contribution is 7.09. The maximum absolute atomic E-state index is 11.7. The number of carbonyl (C=O) groups excluding carboxylic acids is 1. The summed E-state index contributed by atoms with van der Waals surface area (Å²) < 4.78 is 0. The van der Waals surface area contributed by atoms with Crippen LogP contribution in [-0.2, 0) is 4.79 Å². The molecular weight excluding hydrogens is 234 g/mol. The Bertz CT molecular complexity index is 373. The Morgan fingerprint density at radius 3 is 3.00 bits per heavy atom. The van der Waals surface area contributed by atoms with E-state index >= 15 is 0 Å². The van der Waals surface area contributed by atoms with Gasteiger partial charge in [0, 0.05) is 36.0 Å². The zero-order chi connectivity index (χ0) is 12.3. The highest BCUT2D eigenvalue weighted by atomic mass is 32.1. The SMILES string of the molecule is CC(CNC(=O)CC1(N)CCC1)c1nccs1. The molecule has 17 heavy (non-hydrogen) atoms. The molecule has 2 rings (SSSR count). The molecule has 5 heteroatoms. The van der Waals surface area contributed by atoms with E-state index < -0.39 is 0 Å².